The fourth-order valence-corrected chi connectivity index (χ4v) is 0.921. The van der Waals surface area contributed by atoms with E-state index in [1.807, 2.05) is 0 Å². The maximum Gasteiger partial charge on any atom is 1.00 e. The number of hydrogen-bond donors (Lipinski definition) is 1. The van der Waals surface area contributed by atoms with Crippen molar-refractivity contribution in [1.29, 1.82) is 0 Å². The van der Waals surface area contributed by atoms with Gasteiger partial charge < -0.3 is 9.87 Å². The Balaban J connectivity index is 0. The van der Waals surface area contributed by atoms with E-state index in [9.17, 15) is 13.0 Å². The molecule has 0 saturated heterocycles. The largest absolute Gasteiger partial charge is 1.00 e. The van der Waals surface area contributed by atoms with Crippen LogP contribution in [0.2, 0.25) is 0 Å². The molecule has 6 heteroatoms. The van der Waals surface area contributed by atoms with E-state index < -0.39 is 10.1 Å². The first-order valence-electron chi connectivity index (χ1n) is 3.31. The predicted molar refractivity (Wildman–Crippen MR) is 42.2 cm³/mol. The van der Waals surface area contributed by atoms with Gasteiger partial charge in [0, 0.05) is 6.54 Å². The van der Waals surface area contributed by atoms with Gasteiger partial charge in [0.05, 0.1) is 15.9 Å². The third kappa shape index (κ3) is 13.2. The Morgan fingerprint density at radius 2 is 2.00 bits per heavy atom. The van der Waals surface area contributed by atoms with Gasteiger partial charge in [-0.05, 0) is 13.0 Å². The summed E-state index contributed by atoms with van der Waals surface area (Å²) < 4.78 is 30.1. The van der Waals surface area contributed by atoms with E-state index in [0.717, 1.165) is 6.42 Å². The minimum atomic E-state index is -4.05. The maximum absolute atomic E-state index is 10.0. The minimum Gasteiger partial charge on any atom is -0.748 e. The van der Waals surface area contributed by atoms with Gasteiger partial charge in [0.15, 0.2) is 0 Å². The second-order valence-corrected chi connectivity index (χ2v) is 3.61. The summed E-state index contributed by atoms with van der Waals surface area (Å²) in [4.78, 5) is 0. The van der Waals surface area contributed by atoms with Crippen LogP contribution in [0.3, 0.4) is 0 Å². The van der Waals surface area contributed by atoms with Gasteiger partial charge in [0.1, 0.15) is 0 Å². The van der Waals surface area contributed by atoms with Gasteiger partial charge in [0.2, 0.25) is 0 Å². The van der Waals surface area contributed by atoms with Gasteiger partial charge in [0.25, 0.3) is 0 Å². The van der Waals surface area contributed by atoms with E-state index in [-0.39, 0.29) is 41.9 Å². The monoisotopic (exact) mass is 201 g/mol. The van der Waals surface area contributed by atoms with Crippen molar-refractivity contribution in [2.75, 3.05) is 18.8 Å². The molecular formula is C6H12NNaO3S. The van der Waals surface area contributed by atoms with Crippen molar-refractivity contribution in [3.8, 4) is 0 Å². The number of nitrogens with one attached hydrogen (secondary N) is 1. The molecule has 0 radical (unpaired) electrons. The first-order valence-corrected chi connectivity index (χ1v) is 4.89. The average molecular weight is 201 g/mol. The maximum atomic E-state index is 10.0. The van der Waals surface area contributed by atoms with Crippen LogP contribution >= 0.6 is 0 Å². The van der Waals surface area contributed by atoms with E-state index in [1.54, 1.807) is 6.08 Å². The Kier molecular flexibility index (Phi) is 10.3. The quantitative estimate of drug-likeness (QED) is 0.211. The SMILES string of the molecule is C=CCCNCCS(=O)(=O)[O-].[Na+]. The summed E-state index contributed by atoms with van der Waals surface area (Å²) in [6.07, 6.45) is 2.50. The summed E-state index contributed by atoms with van der Waals surface area (Å²) in [6.45, 7) is 4.37. The van der Waals surface area contributed by atoms with Crippen molar-refractivity contribution in [1.82, 2.24) is 5.32 Å². The Bertz CT molecular complexity index is 203. The predicted octanol–water partition coefficient (Wildman–Crippen LogP) is -3.30. The molecule has 0 aromatic carbocycles. The fraction of sp³-hybridized carbons (Fsp3) is 0.667. The van der Waals surface area contributed by atoms with Crippen LogP contribution < -0.4 is 34.9 Å². The molecule has 66 valence electrons. The molecule has 0 aliphatic heterocycles. The van der Waals surface area contributed by atoms with Crippen LogP contribution in [0.5, 0.6) is 0 Å². The van der Waals surface area contributed by atoms with Crippen molar-refractivity contribution >= 4 is 10.1 Å². The molecule has 0 spiro atoms. The number of rotatable bonds is 6. The molecule has 0 aromatic rings. The van der Waals surface area contributed by atoms with Crippen LogP contribution in [0.1, 0.15) is 6.42 Å². The molecule has 1 N–H and O–H groups in total. The topological polar surface area (TPSA) is 69.2 Å². The second-order valence-electron chi connectivity index (χ2n) is 2.09. The summed E-state index contributed by atoms with van der Waals surface area (Å²) in [7, 11) is -4.05. The normalized spacial score (nSPS) is 10.4. The molecule has 0 aromatic heterocycles. The molecule has 0 saturated carbocycles. The van der Waals surface area contributed by atoms with Gasteiger partial charge in [-0.3, -0.25) is 0 Å². The first-order chi connectivity index (χ1) is 5.06. The Morgan fingerprint density at radius 1 is 1.42 bits per heavy atom. The van der Waals surface area contributed by atoms with Gasteiger partial charge in [-0.2, -0.15) is 0 Å². The van der Waals surface area contributed by atoms with Gasteiger partial charge >= 0.3 is 29.6 Å². The number of hydrogen-bond acceptors (Lipinski definition) is 4. The third-order valence-corrected chi connectivity index (χ3v) is 1.76. The van der Waals surface area contributed by atoms with E-state index in [0.29, 0.717) is 6.54 Å². The van der Waals surface area contributed by atoms with Gasteiger partial charge in [-0.1, -0.05) is 6.08 Å². The molecule has 0 aliphatic carbocycles. The van der Waals surface area contributed by atoms with Crippen molar-refractivity contribution in [3.05, 3.63) is 12.7 Å². The van der Waals surface area contributed by atoms with Crippen LogP contribution in [0, 0.1) is 0 Å². The first kappa shape index (κ1) is 15.1. The minimum absolute atomic E-state index is 0. The molecule has 4 nitrogen and oxygen atoms in total. The molecular weight excluding hydrogens is 189 g/mol. The standard InChI is InChI=1S/C6H13NO3S.Na/c1-2-3-4-7-5-6-11(8,9)10;/h2,7H,1,3-6H2,(H,8,9,10);/q;+1/p-1. The van der Waals surface area contributed by atoms with E-state index in [2.05, 4.69) is 11.9 Å². The molecule has 0 fully saturated rings. The smallest absolute Gasteiger partial charge is 0.748 e. The summed E-state index contributed by atoms with van der Waals surface area (Å²) >= 11 is 0. The summed E-state index contributed by atoms with van der Waals surface area (Å²) in [5.41, 5.74) is 0. The Morgan fingerprint density at radius 3 is 2.42 bits per heavy atom. The average Bonchev–Trinajstić information content (AvgIpc) is 1.85. The molecule has 0 unspecified atom stereocenters. The van der Waals surface area contributed by atoms with Crippen LogP contribution in [0.25, 0.3) is 0 Å². The molecule has 0 atom stereocenters. The Labute approximate surface area is 95.5 Å². The van der Waals surface area contributed by atoms with Crippen molar-refractivity contribution in [2.45, 2.75) is 6.42 Å². The van der Waals surface area contributed by atoms with Crippen LogP contribution in [-0.2, 0) is 10.1 Å². The van der Waals surface area contributed by atoms with Gasteiger partial charge in [-0.15, -0.1) is 6.58 Å². The zero-order chi connectivity index (χ0) is 8.74. The van der Waals surface area contributed by atoms with Gasteiger partial charge in [-0.25, -0.2) is 8.42 Å². The van der Waals surface area contributed by atoms with E-state index in [4.69, 9.17) is 0 Å². The van der Waals surface area contributed by atoms with Crippen molar-refractivity contribution in [2.24, 2.45) is 0 Å². The Hall–Kier alpha value is 0.610. The summed E-state index contributed by atoms with van der Waals surface area (Å²) in [6, 6.07) is 0. The molecule has 0 rings (SSSR count). The second kappa shape index (κ2) is 8.22. The van der Waals surface area contributed by atoms with Crippen molar-refractivity contribution in [3.63, 3.8) is 0 Å². The molecule has 0 heterocycles. The van der Waals surface area contributed by atoms with E-state index in [1.165, 1.54) is 0 Å². The fourth-order valence-electron chi connectivity index (χ4n) is 0.526. The summed E-state index contributed by atoms with van der Waals surface area (Å²) in [5, 5.41) is 2.79. The zero-order valence-corrected chi connectivity index (χ0v) is 10.1. The third-order valence-electron chi connectivity index (χ3n) is 1.05. The van der Waals surface area contributed by atoms with Crippen LogP contribution in [-0.4, -0.2) is 31.8 Å². The van der Waals surface area contributed by atoms with Crippen LogP contribution in [0.4, 0.5) is 0 Å². The summed E-state index contributed by atoms with van der Waals surface area (Å²) in [5.74, 6) is -0.343. The molecule has 0 aliphatic rings. The molecule has 12 heavy (non-hydrogen) atoms. The zero-order valence-electron chi connectivity index (χ0n) is 7.25. The van der Waals surface area contributed by atoms with E-state index >= 15 is 0 Å². The molecule has 0 amide bonds. The molecule has 0 bridgehead atoms. The van der Waals surface area contributed by atoms with Crippen LogP contribution in [0.15, 0.2) is 12.7 Å². The van der Waals surface area contributed by atoms with Crippen molar-refractivity contribution < 1.29 is 42.5 Å².